The summed E-state index contributed by atoms with van der Waals surface area (Å²) in [6.07, 6.45) is 1.75. The fourth-order valence-corrected chi connectivity index (χ4v) is 3.08. The van der Waals surface area contributed by atoms with Crippen LogP contribution in [-0.2, 0) is 4.79 Å². The largest absolute Gasteiger partial charge is 0.326 e. The standard InChI is InChI=1S/C22H18N4O2/c1-14(27)16-5-3-7-18(11-16)21-13-23-22-10-9-20(25-26(21)22)17-6-4-8-19(12-17)24-15(2)28/h3-13H,1-2H3,(H,24,28). The number of anilines is 1. The Hall–Kier alpha value is -3.80. The van der Waals surface area contributed by atoms with Crippen molar-refractivity contribution in [2.45, 2.75) is 13.8 Å². The molecular formula is C22H18N4O2. The molecule has 0 bridgehead atoms. The molecule has 0 saturated carbocycles. The fourth-order valence-electron chi connectivity index (χ4n) is 3.08. The lowest BCUT2D eigenvalue weighted by atomic mass is 10.1. The van der Waals surface area contributed by atoms with E-state index in [-0.39, 0.29) is 11.7 Å². The molecule has 1 amide bonds. The first-order valence-electron chi connectivity index (χ1n) is 8.85. The Balaban J connectivity index is 1.80. The van der Waals surface area contributed by atoms with Crippen molar-refractivity contribution in [3.8, 4) is 22.5 Å². The molecule has 0 atom stereocenters. The number of carbonyl (C=O) groups excluding carboxylic acids is 2. The molecule has 0 aliphatic rings. The van der Waals surface area contributed by atoms with E-state index in [4.69, 9.17) is 5.10 Å². The first-order valence-corrected chi connectivity index (χ1v) is 8.85. The number of hydrogen-bond acceptors (Lipinski definition) is 4. The summed E-state index contributed by atoms with van der Waals surface area (Å²) >= 11 is 0. The summed E-state index contributed by atoms with van der Waals surface area (Å²) in [5.41, 5.74) is 5.38. The number of nitrogens with one attached hydrogen (secondary N) is 1. The average Bonchev–Trinajstić information content (AvgIpc) is 3.11. The molecule has 138 valence electrons. The molecule has 2 aromatic carbocycles. The number of rotatable bonds is 4. The van der Waals surface area contributed by atoms with Crippen molar-refractivity contribution in [1.82, 2.24) is 14.6 Å². The Labute approximate surface area is 161 Å². The summed E-state index contributed by atoms with van der Waals surface area (Å²) in [6, 6.07) is 18.7. The zero-order valence-electron chi connectivity index (χ0n) is 15.5. The highest BCUT2D eigenvalue weighted by Crippen LogP contribution is 2.25. The van der Waals surface area contributed by atoms with Gasteiger partial charge in [0.1, 0.15) is 0 Å². The third kappa shape index (κ3) is 3.40. The third-order valence-corrected chi connectivity index (χ3v) is 4.41. The van der Waals surface area contributed by atoms with Crippen LogP contribution < -0.4 is 5.32 Å². The Morgan fingerprint density at radius 1 is 0.929 bits per heavy atom. The van der Waals surface area contributed by atoms with E-state index in [0.29, 0.717) is 16.9 Å². The normalized spacial score (nSPS) is 10.8. The van der Waals surface area contributed by atoms with Crippen LogP contribution in [0.3, 0.4) is 0 Å². The molecule has 0 fully saturated rings. The van der Waals surface area contributed by atoms with E-state index in [1.165, 1.54) is 6.92 Å². The molecule has 0 aliphatic heterocycles. The van der Waals surface area contributed by atoms with Gasteiger partial charge >= 0.3 is 0 Å². The van der Waals surface area contributed by atoms with Crippen LogP contribution in [0.15, 0.2) is 66.9 Å². The van der Waals surface area contributed by atoms with E-state index in [1.807, 2.05) is 54.6 Å². The molecule has 1 N–H and O–H groups in total. The van der Waals surface area contributed by atoms with Gasteiger partial charge in [0, 0.05) is 29.3 Å². The molecule has 0 saturated heterocycles. The second-order valence-electron chi connectivity index (χ2n) is 6.53. The van der Waals surface area contributed by atoms with Crippen LogP contribution in [0, 0.1) is 0 Å². The maximum absolute atomic E-state index is 11.7. The lowest BCUT2D eigenvalue weighted by Crippen LogP contribution is -2.05. The first kappa shape index (κ1) is 17.6. The van der Waals surface area contributed by atoms with Gasteiger partial charge in [0.05, 0.1) is 17.6 Å². The van der Waals surface area contributed by atoms with Crippen LogP contribution >= 0.6 is 0 Å². The monoisotopic (exact) mass is 370 g/mol. The Morgan fingerprint density at radius 2 is 1.71 bits per heavy atom. The minimum Gasteiger partial charge on any atom is -0.326 e. The van der Waals surface area contributed by atoms with Crippen molar-refractivity contribution in [3.63, 3.8) is 0 Å². The van der Waals surface area contributed by atoms with Crippen LogP contribution in [0.5, 0.6) is 0 Å². The van der Waals surface area contributed by atoms with Gasteiger partial charge in [0.15, 0.2) is 11.4 Å². The maximum Gasteiger partial charge on any atom is 0.221 e. The number of fused-ring (bicyclic) bond motifs is 1. The Bertz CT molecular complexity index is 1210. The lowest BCUT2D eigenvalue weighted by Gasteiger charge is -2.07. The fraction of sp³-hybridized carbons (Fsp3) is 0.0909. The van der Waals surface area contributed by atoms with Crippen LogP contribution in [0.2, 0.25) is 0 Å². The lowest BCUT2D eigenvalue weighted by molar-refractivity contribution is -0.114. The molecule has 2 aromatic heterocycles. The molecule has 6 nitrogen and oxygen atoms in total. The van der Waals surface area contributed by atoms with Gasteiger partial charge in [-0.2, -0.15) is 5.10 Å². The highest BCUT2D eigenvalue weighted by Gasteiger charge is 2.11. The molecule has 0 radical (unpaired) electrons. The second kappa shape index (κ2) is 7.08. The number of imidazole rings is 1. The zero-order valence-corrected chi connectivity index (χ0v) is 15.5. The number of carbonyl (C=O) groups is 2. The predicted molar refractivity (Wildman–Crippen MR) is 108 cm³/mol. The molecule has 4 aromatic rings. The molecule has 4 rings (SSSR count). The van der Waals surface area contributed by atoms with Crippen molar-refractivity contribution in [2.24, 2.45) is 0 Å². The van der Waals surface area contributed by atoms with Gasteiger partial charge in [-0.1, -0.05) is 30.3 Å². The maximum atomic E-state index is 11.7. The predicted octanol–water partition coefficient (Wildman–Crippen LogP) is 4.22. The molecule has 0 unspecified atom stereocenters. The van der Waals surface area contributed by atoms with E-state index in [9.17, 15) is 9.59 Å². The van der Waals surface area contributed by atoms with E-state index in [0.717, 1.165) is 22.5 Å². The number of benzene rings is 2. The highest BCUT2D eigenvalue weighted by molar-refractivity contribution is 5.95. The first-order chi connectivity index (χ1) is 13.5. The minimum atomic E-state index is -0.122. The molecule has 0 spiro atoms. The molecule has 6 heteroatoms. The van der Waals surface area contributed by atoms with Crippen LogP contribution in [0.25, 0.3) is 28.2 Å². The average molecular weight is 370 g/mol. The number of ketones is 1. The van der Waals surface area contributed by atoms with Gasteiger partial charge in [-0.15, -0.1) is 0 Å². The Kier molecular flexibility index (Phi) is 4.45. The van der Waals surface area contributed by atoms with E-state index in [2.05, 4.69) is 10.3 Å². The minimum absolute atomic E-state index is 0.0131. The highest BCUT2D eigenvalue weighted by atomic mass is 16.1. The number of Topliss-reactive ketones (excluding diaryl/α,β-unsaturated/α-hetero) is 1. The smallest absolute Gasteiger partial charge is 0.221 e. The van der Waals surface area contributed by atoms with Gasteiger partial charge < -0.3 is 5.32 Å². The van der Waals surface area contributed by atoms with Crippen LogP contribution in [0.1, 0.15) is 24.2 Å². The van der Waals surface area contributed by atoms with E-state index >= 15 is 0 Å². The van der Waals surface area contributed by atoms with Gasteiger partial charge in [-0.05, 0) is 37.3 Å². The van der Waals surface area contributed by atoms with Crippen molar-refractivity contribution >= 4 is 23.0 Å². The zero-order chi connectivity index (χ0) is 19.7. The van der Waals surface area contributed by atoms with Crippen molar-refractivity contribution in [3.05, 3.63) is 72.4 Å². The molecule has 2 heterocycles. The molecule has 28 heavy (non-hydrogen) atoms. The van der Waals surface area contributed by atoms with Crippen LogP contribution in [0.4, 0.5) is 5.69 Å². The SMILES string of the molecule is CC(=O)Nc1cccc(-c2ccc3ncc(-c4cccc(C(C)=O)c4)n3n2)c1. The van der Waals surface area contributed by atoms with Crippen molar-refractivity contribution in [2.75, 3.05) is 5.32 Å². The van der Waals surface area contributed by atoms with Gasteiger partial charge in [0.2, 0.25) is 5.91 Å². The molecule has 0 aliphatic carbocycles. The summed E-state index contributed by atoms with van der Waals surface area (Å²) in [7, 11) is 0. The van der Waals surface area contributed by atoms with Gasteiger partial charge in [-0.3, -0.25) is 9.59 Å². The Morgan fingerprint density at radius 3 is 2.50 bits per heavy atom. The number of nitrogens with zero attached hydrogens (tertiary/aromatic N) is 3. The topological polar surface area (TPSA) is 76.4 Å². The number of amides is 1. The second-order valence-corrected chi connectivity index (χ2v) is 6.53. The summed E-state index contributed by atoms with van der Waals surface area (Å²) in [5.74, 6) is -0.109. The van der Waals surface area contributed by atoms with Crippen LogP contribution in [-0.4, -0.2) is 26.3 Å². The van der Waals surface area contributed by atoms with E-state index in [1.54, 1.807) is 23.7 Å². The molecular weight excluding hydrogens is 352 g/mol. The van der Waals surface area contributed by atoms with E-state index < -0.39 is 0 Å². The van der Waals surface area contributed by atoms with Crippen molar-refractivity contribution in [1.29, 1.82) is 0 Å². The number of hydrogen-bond donors (Lipinski definition) is 1. The number of aromatic nitrogens is 3. The summed E-state index contributed by atoms with van der Waals surface area (Å²) < 4.78 is 1.76. The quantitative estimate of drug-likeness (QED) is 0.546. The van der Waals surface area contributed by atoms with Gasteiger partial charge in [0.25, 0.3) is 0 Å². The van der Waals surface area contributed by atoms with Crippen molar-refractivity contribution < 1.29 is 9.59 Å². The third-order valence-electron chi connectivity index (χ3n) is 4.41. The summed E-state index contributed by atoms with van der Waals surface area (Å²) in [4.78, 5) is 27.4. The summed E-state index contributed by atoms with van der Waals surface area (Å²) in [6.45, 7) is 3.02. The van der Waals surface area contributed by atoms with Gasteiger partial charge in [-0.25, -0.2) is 9.50 Å². The summed E-state index contributed by atoms with van der Waals surface area (Å²) in [5, 5.41) is 7.52.